The maximum absolute atomic E-state index is 9.61. The highest BCUT2D eigenvalue weighted by Gasteiger charge is 2.15. The highest BCUT2D eigenvalue weighted by Crippen LogP contribution is 2.30. The van der Waals surface area contributed by atoms with Crippen molar-refractivity contribution in [1.82, 2.24) is 0 Å². The fourth-order valence-electron chi connectivity index (χ4n) is 1.94. The van der Waals surface area contributed by atoms with Crippen LogP contribution >= 0.6 is 34.2 Å². The van der Waals surface area contributed by atoms with Gasteiger partial charge in [0.2, 0.25) is 0 Å². The highest BCUT2D eigenvalue weighted by molar-refractivity contribution is 14.1. The first kappa shape index (κ1) is 13.6. The molecule has 2 aromatic carbocycles. The number of hydrogen-bond donors (Lipinski definition) is 2. The summed E-state index contributed by atoms with van der Waals surface area (Å²) in [6, 6.07) is 13.4. The molecule has 0 radical (unpaired) electrons. The Hall–Kier alpha value is -0.780. The molecule has 2 nitrogen and oxygen atoms in total. The van der Waals surface area contributed by atoms with Crippen LogP contribution in [0.25, 0.3) is 0 Å². The van der Waals surface area contributed by atoms with E-state index in [0.717, 1.165) is 14.7 Å². The van der Waals surface area contributed by atoms with Gasteiger partial charge in [0.25, 0.3) is 0 Å². The van der Waals surface area contributed by atoms with Crippen LogP contribution in [-0.2, 0) is 0 Å². The minimum atomic E-state index is -0.112. The molecule has 1 atom stereocenters. The quantitative estimate of drug-likeness (QED) is 0.637. The number of benzene rings is 2. The van der Waals surface area contributed by atoms with E-state index in [1.807, 2.05) is 30.3 Å². The highest BCUT2D eigenvalue weighted by atomic mass is 127. The van der Waals surface area contributed by atoms with E-state index in [9.17, 15) is 5.11 Å². The number of hydrogen-bond acceptors (Lipinski definition) is 2. The summed E-state index contributed by atoms with van der Waals surface area (Å²) < 4.78 is 1.16. The lowest BCUT2D eigenvalue weighted by molar-refractivity contribution is 0.281. The smallest absolute Gasteiger partial charge is 0.0541 e. The van der Waals surface area contributed by atoms with E-state index in [0.29, 0.717) is 10.7 Å². The molecule has 0 amide bonds. The molecule has 0 aliphatic heterocycles. The molecule has 0 aliphatic carbocycles. The van der Waals surface area contributed by atoms with Crippen molar-refractivity contribution < 1.29 is 5.11 Å². The lowest BCUT2D eigenvalue weighted by atomic mass is 9.91. The molecule has 4 heteroatoms. The van der Waals surface area contributed by atoms with Crippen LogP contribution in [0.2, 0.25) is 5.02 Å². The van der Waals surface area contributed by atoms with Crippen LogP contribution in [0.5, 0.6) is 0 Å². The van der Waals surface area contributed by atoms with Crippen molar-refractivity contribution in [2.24, 2.45) is 0 Å². The Labute approximate surface area is 125 Å². The van der Waals surface area contributed by atoms with Crippen molar-refractivity contribution in [2.75, 3.05) is 12.3 Å². The van der Waals surface area contributed by atoms with Gasteiger partial charge in [-0.2, -0.15) is 0 Å². The third kappa shape index (κ3) is 2.96. The summed E-state index contributed by atoms with van der Waals surface area (Å²) >= 11 is 8.14. The molecule has 18 heavy (non-hydrogen) atoms. The summed E-state index contributed by atoms with van der Waals surface area (Å²) in [5.41, 5.74) is 8.53. The van der Waals surface area contributed by atoms with Crippen molar-refractivity contribution in [1.29, 1.82) is 0 Å². The fraction of sp³-hybridized carbons (Fsp3) is 0.143. The fourth-order valence-corrected chi connectivity index (χ4v) is 2.48. The largest absolute Gasteiger partial charge is 0.398 e. The van der Waals surface area contributed by atoms with E-state index >= 15 is 0 Å². The molecule has 2 aromatic rings. The predicted molar refractivity (Wildman–Crippen MR) is 84.0 cm³/mol. The summed E-state index contributed by atoms with van der Waals surface area (Å²) in [5, 5.41) is 10.2. The van der Waals surface area contributed by atoms with E-state index in [-0.39, 0.29) is 12.5 Å². The zero-order valence-electron chi connectivity index (χ0n) is 9.61. The van der Waals surface area contributed by atoms with Crippen molar-refractivity contribution in [2.45, 2.75) is 5.92 Å². The second kappa shape index (κ2) is 5.91. The van der Waals surface area contributed by atoms with E-state index in [2.05, 4.69) is 22.6 Å². The topological polar surface area (TPSA) is 46.2 Å². The molecule has 3 N–H and O–H groups in total. The van der Waals surface area contributed by atoms with Gasteiger partial charge in [-0.3, -0.25) is 0 Å². The predicted octanol–water partition coefficient (Wildman–Crippen LogP) is 3.65. The normalized spacial score (nSPS) is 12.4. The van der Waals surface area contributed by atoms with Gasteiger partial charge in [0.05, 0.1) is 6.61 Å². The van der Waals surface area contributed by atoms with Gasteiger partial charge in [0, 0.05) is 20.2 Å². The van der Waals surface area contributed by atoms with E-state index in [1.165, 1.54) is 0 Å². The number of halogens is 2. The first-order valence-corrected chi connectivity index (χ1v) is 6.98. The SMILES string of the molecule is Nc1cc(Cl)ccc1C(CO)c1ccc(I)cc1. The average Bonchev–Trinajstić information content (AvgIpc) is 2.35. The zero-order chi connectivity index (χ0) is 13.1. The zero-order valence-corrected chi connectivity index (χ0v) is 12.5. The summed E-state index contributed by atoms with van der Waals surface area (Å²) in [7, 11) is 0. The monoisotopic (exact) mass is 373 g/mol. The van der Waals surface area contributed by atoms with Crippen LogP contribution < -0.4 is 5.73 Å². The molecule has 2 rings (SSSR count). The molecule has 0 aliphatic rings. The summed E-state index contributed by atoms with van der Waals surface area (Å²) in [5.74, 6) is -0.112. The molecule has 0 fully saturated rings. The Balaban J connectivity index is 2.41. The Morgan fingerprint density at radius 3 is 2.39 bits per heavy atom. The Morgan fingerprint density at radius 1 is 1.17 bits per heavy atom. The van der Waals surface area contributed by atoms with Gasteiger partial charge in [-0.15, -0.1) is 0 Å². The molecule has 0 spiro atoms. The molecule has 0 saturated carbocycles. The van der Waals surface area contributed by atoms with Crippen LogP contribution in [-0.4, -0.2) is 11.7 Å². The standard InChI is InChI=1S/C14H13ClINO/c15-10-3-6-12(14(17)7-10)13(8-18)9-1-4-11(16)5-2-9/h1-7,13,18H,8,17H2. The van der Waals surface area contributed by atoms with Crippen LogP contribution in [0.15, 0.2) is 42.5 Å². The van der Waals surface area contributed by atoms with Crippen molar-refractivity contribution in [3.05, 3.63) is 62.2 Å². The van der Waals surface area contributed by atoms with Gasteiger partial charge in [0.1, 0.15) is 0 Å². The molecule has 0 aromatic heterocycles. The third-order valence-electron chi connectivity index (χ3n) is 2.88. The lowest BCUT2D eigenvalue weighted by Crippen LogP contribution is -2.08. The maximum atomic E-state index is 9.61. The minimum Gasteiger partial charge on any atom is -0.398 e. The van der Waals surface area contributed by atoms with Crippen LogP contribution in [0.4, 0.5) is 5.69 Å². The summed E-state index contributed by atoms with van der Waals surface area (Å²) in [4.78, 5) is 0. The molecule has 0 saturated heterocycles. The first-order chi connectivity index (χ1) is 8.61. The van der Waals surface area contributed by atoms with Gasteiger partial charge < -0.3 is 10.8 Å². The summed E-state index contributed by atoms with van der Waals surface area (Å²) in [6.45, 7) is 0.0203. The minimum absolute atomic E-state index is 0.0203. The Morgan fingerprint density at radius 2 is 1.83 bits per heavy atom. The van der Waals surface area contributed by atoms with E-state index in [1.54, 1.807) is 12.1 Å². The van der Waals surface area contributed by atoms with E-state index in [4.69, 9.17) is 17.3 Å². The number of anilines is 1. The molecule has 94 valence electrons. The number of nitrogens with two attached hydrogens (primary N) is 1. The van der Waals surface area contributed by atoms with Crippen LogP contribution in [0, 0.1) is 3.57 Å². The van der Waals surface area contributed by atoms with Gasteiger partial charge in [0.15, 0.2) is 0 Å². The molecule has 0 heterocycles. The maximum Gasteiger partial charge on any atom is 0.0541 e. The Kier molecular flexibility index (Phi) is 4.48. The number of aliphatic hydroxyl groups is 1. The number of aliphatic hydroxyl groups excluding tert-OH is 1. The van der Waals surface area contributed by atoms with E-state index < -0.39 is 0 Å². The second-order valence-corrected chi connectivity index (χ2v) is 5.74. The summed E-state index contributed by atoms with van der Waals surface area (Å²) in [6.07, 6.45) is 0. The van der Waals surface area contributed by atoms with Gasteiger partial charge in [-0.05, 0) is 58.0 Å². The van der Waals surface area contributed by atoms with Crippen LogP contribution in [0.1, 0.15) is 17.0 Å². The van der Waals surface area contributed by atoms with Gasteiger partial charge in [-0.25, -0.2) is 0 Å². The number of rotatable bonds is 3. The van der Waals surface area contributed by atoms with Gasteiger partial charge >= 0.3 is 0 Å². The van der Waals surface area contributed by atoms with Crippen molar-refractivity contribution in [3.8, 4) is 0 Å². The molecule has 1 unspecified atom stereocenters. The molecule has 0 bridgehead atoms. The number of nitrogen functional groups attached to an aromatic ring is 1. The Bertz CT molecular complexity index is 542. The second-order valence-electron chi connectivity index (χ2n) is 4.06. The first-order valence-electron chi connectivity index (χ1n) is 5.53. The molecular weight excluding hydrogens is 361 g/mol. The van der Waals surface area contributed by atoms with Crippen molar-refractivity contribution >= 4 is 39.9 Å². The van der Waals surface area contributed by atoms with Crippen LogP contribution in [0.3, 0.4) is 0 Å². The van der Waals surface area contributed by atoms with Crippen molar-refractivity contribution in [3.63, 3.8) is 0 Å². The average molecular weight is 374 g/mol. The van der Waals surface area contributed by atoms with Gasteiger partial charge in [-0.1, -0.05) is 29.8 Å². The third-order valence-corrected chi connectivity index (χ3v) is 3.83. The lowest BCUT2D eigenvalue weighted by Gasteiger charge is -2.17. The molecular formula is C14H13ClINO.